The van der Waals surface area contributed by atoms with E-state index in [9.17, 15) is 0 Å². The number of hydrogen-bond donors (Lipinski definition) is 0. The van der Waals surface area contributed by atoms with E-state index in [2.05, 4.69) is 73.0 Å². The van der Waals surface area contributed by atoms with E-state index in [1.54, 1.807) is 0 Å². The Kier molecular flexibility index (Phi) is 5.24. The number of nitrogens with zero attached hydrogens (tertiary/aromatic N) is 2. The van der Waals surface area contributed by atoms with Crippen LogP contribution in [0.2, 0.25) is 0 Å². The SMILES string of the molecule is Cc1ccc(OCCn2c(/C=C/c3ccccc3)nc3ccccc32)c(C)c1. The molecule has 0 spiro atoms. The van der Waals surface area contributed by atoms with Crippen molar-refractivity contribution in [3.8, 4) is 5.75 Å². The number of fused-ring (bicyclic) bond motifs is 1. The van der Waals surface area contributed by atoms with Crippen LogP contribution < -0.4 is 4.74 Å². The lowest BCUT2D eigenvalue weighted by Crippen LogP contribution is -2.10. The lowest BCUT2D eigenvalue weighted by molar-refractivity contribution is 0.298. The molecular formula is C25H24N2O. The Morgan fingerprint density at radius 2 is 1.68 bits per heavy atom. The highest BCUT2D eigenvalue weighted by Crippen LogP contribution is 2.21. The highest BCUT2D eigenvalue weighted by atomic mass is 16.5. The molecule has 0 saturated carbocycles. The lowest BCUT2D eigenvalue weighted by atomic mass is 10.1. The summed E-state index contributed by atoms with van der Waals surface area (Å²) >= 11 is 0. The van der Waals surface area contributed by atoms with Crippen LogP contribution >= 0.6 is 0 Å². The summed E-state index contributed by atoms with van der Waals surface area (Å²) in [5.74, 6) is 1.88. The van der Waals surface area contributed by atoms with Crippen molar-refractivity contribution in [3.63, 3.8) is 0 Å². The van der Waals surface area contributed by atoms with E-state index in [1.165, 1.54) is 11.1 Å². The molecule has 0 aliphatic rings. The van der Waals surface area contributed by atoms with E-state index in [1.807, 2.05) is 30.3 Å². The zero-order chi connectivity index (χ0) is 19.3. The predicted octanol–water partition coefficient (Wildman–Crippen LogP) is 5.90. The number of aromatic nitrogens is 2. The summed E-state index contributed by atoms with van der Waals surface area (Å²) < 4.78 is 8.28. The molecule has 3 heteroatoms. The number of benzene rings is 3. The van der Waals surface area contributed by atoms with Crippen LogP contribution in [0.25, 0.3) is 23.2 Å². The molecular weight excluding hydrogens is 344 g/mol. The molecule has 3 aromatic carbocycles. The van der Waals surface area contributed by atoms with Gasteiger partial charge in [0.05, 0.1) is 17.6 Å². The fraction of sp³-hybridized carbons (Fsp3) is 0.160. The van der Waals surface area contributed by atoms with Crippen molar-refractivity contribution in [2.75, 3.05) is 6.61 Å². The van der Waals surface area contributed by atoms with E-state index >= 15 is 0 Å². The monoisotopic (exact) mass is 368 g/mol. The van der Waals surface area contributed by atoms with E-state index in [0.29, 0.717) is 6.61 Å². The van der Waals surface area contributed by atoms with Gasteiger partial charge in [-0.2, -0.15) is 0 Å². The van der Waals surface area contributed by atoms with Gasteiger partial charge in [-0.25, -0.2) is 4.98 Å². The fourth-order valence-electron chi connectivity index (χ4n) is 3.40. The number of imidazole rings is 1. The van der Waals surface area contributed by atoms with E-state index in [-0.39, 0.29) is 0 Å². The summed E-state index contributed by atoms with van der Waals surface area (Å²) in [4.78, 5) is 4.80. The van der Waals surface area contributed by atoms with Crippen LogP contribution in [0.5, 0.6) is 5.75 Å². The minimum atomic E-state index is 0.594. The van der Waals surface area contributed by atoms with Crippen LogP contribution in [0.3, 0.4) is 0 Å². The molecule has 0 unspecified atom stereocenters. The number of aryl methyl sites for hydroxylation is 2. The second kappa shape index (κ2) is 8.13. The molecule has 1 aromatic heterocycles. The van der Waals surface area contributed by atoms with E-state index < -0.39 is 0 Å². The summed E-state index contributed by atoms with van der Waals surface area (Å²) in [6.45, 7) is 5.52. The van der Waals surface area contributed by atoms with Gasteiger partial charge >= 0.3 is 0 Å². The van der Waals surface area contributed by atoms with Crippen molar-refractivity contribution in [2.45, 2.75) is 20.4 Å². The van der Waals surface area contributed by atoms with Crippen molar-refractivity contribution in [1.82, 2.24) is 9.55 Å². The molecule has 0 radical (unpaired) electrons. The first kappa shape index (κ1) is 18.1. The number of rotatable bonds is 6. The third-order valence-corrected chi connectivity index (χ3v) is 4.81. The van der Waals surface area contributed by atoms with Crippen LogP contribution in [0, 0.1) is 13.8 Å². The maximum atomic E-state index is 6.06. The Labute approximate surface area is 165 Å². The van der Waals surface area contributed by atoms with Gasteiger partial charge in [-0.15, -0.1) is 0 Å². The van der Waals surface area contributed by atoms with Gasteiger partial charge in [0.25, 0.3) is 0 Å². The molecule has 0 saturated heterocycles. The molecule has 0 aliphatic carbocycles. The van der Waals surface area contributed by atoms with Crippen LogP contribution in [-0.2, 0) is 6.54 Å². The molecule has 1 heterocycles. The van der Waals surface area contributed by atoms with Gasteiger partial charge in [-0.3, -0.25) is 0 Å². The topological polar surface area (TPSA) is 27.1 Å². The maximum absolute atomic E-state index is 6.06. The summed E-state index contributed by atoms with van der Waals surface area (Å²) in [7, 11) is 0. The van der Waals surface area contributed by atoms with Crippen molar-refractivity contribution < 1.29 is 4.74 Å². The van der Waals surface area contributed by atoms with Crippen molar-refractivity contribution in [1.29, 1.82) is 0 Å². The Morgan fingerprint density at radius 1 is 0.893 bits per heavy atom. The minimum Gasteiger partial charge on any atom is -0.491 e. The second-order valence-corrected chi connectivity index (χ2v) is 6.97. The third kappa shape index (κ3) is 3.99. The Balaban J connectivity index is 1.57. The zero-order valence-electron chi connectivity index (χ0n) is 16.3. The molecule has 0 amide bonds. The van der Waals surface area contributed by atoms with Gasteiger partial charge in [-0.05, 0) is 49.2 Å². The lowest BCUT2D eigenvalue weighted by Gasteiger charge is -2.12. The first-order valence-corrected chi connectivity index (χ1v) is 9.59. The average molecular weight is 368 g/mol. The summed E-state index contributed by atoms with van der Waals surface area (Å²) in [6.07, 6.45) is 4.18. The zero-order valence-corrected chi connectivity index (χ0v) is 16.3. The maximum Gasteiger partial charge on any atom is 0.133 e. The molecule has 28 heavy (non-hydrogen) atoms. The Hall–Kier alpha value is -3.33. The molecule has 0 N–H and O–H groups in total. The van der Waals surface area contributed by atoms with Gasteiger partial charge < -0.3 is 9.30 Å². The Morgan fingerprint density at radius 3 is 2.50 bits per heavy atom. The van der Waals surface area contributed by atoms with Crippen molar-refractivity contribution >= 4 is 23.2 Å². The highest BCUT2D eigenvalue weighted by Gasteiger charge is 2.09. The number of hydrogen-bond acceptors (Lipinski definition) is 2. The number of para-hydroxylation sites is 2. The third-order valence-electron chi connectivity index (χ3n) is 4.81. The molecule has 0 bridgehead atoms. The first-order valence-electron chi connectivity index (χ1n) is 9.59. The Bertz CT molecular complexity index is 1110. The van der Waals surface area contributed by atoms with Crippen molar-refractivity contribution in [2.24, 2.45) is 0 Å². The van der Waals surface area contributed by atoms with Crippen LogP contribution in [0.4, 0.5) is 0 Å². The summed E-state index contributed by atoms with van der Waals surface area (Å²) in [5.41, 5.74) is 5.70. The van der Waals surface area contributed by atoms with E-state index in [0.717, 1.165) is 34.7 Å². The fourth-order valence-corrected chi connectivity index (χ4v) is 3.40. The second-order valence-electron chi connectivity index (χ2n) is 6.97. The van der Waals surface area contributed by atoms with Crippen LogP contribution in [0.15, 0.2) is 72.8 Å². The molecule has 3 nitrogen and oxygen atoms in total. The smallest absolute Gasteiger partial charge is 0.133 e. The van der Waals surface area contributed by atoms with Crippen LogP contribution in [0.1, 0.15) is 22.5 Å². The van der Waals surface area contributed by atoms with Gasteiger partial charge in [0, 0.05) is 0 Å². The predicted molar refractivity (Wildman–Crippen MR) is 117 cm³/mol. The van der Waals surface area contributed by atoms with E-state index in [4.69, 9.17) is 9.72 Å². The average Bonchev–Trinajstić information content (AvgIpc) is 3.06. The normalized spacial score (nSPS) is 11.4. The molecule has 4 rings (SSSR count). The molecule has 0 atom stereocenters. The van der Waals surface area contributed by atoms with Crippen LogP contribution in [-0.4, -0.2) is 16.2 Å². The standard InChI is InChI=1S/C25H24N2O/c1-19-12-14-24(20(2)18-19)28-17-16-27-23-11-7-6-10-22(23)26-25(27)15-13-21-8-4-3-5-9-21/h3-15,18H,16-17H2,1-2H3/b15-13+. The summed E-state index contributed by atoms with van der Waals surface area (Å²) in [5, 5.41) is 0. The highest BCUT2D eigenvalue weighted by molar-refractivity contribution is 5.79. The first-order chi connectivity index (χ1) is 13.7. The molecule has 4 aromatic rings. The molecule has 140 valence electrons. The quantitative estimate of drug-likeness (QED) is 0.423. The van der Waals surface area contributed by atoms with Gasteiger partial charge in [0.15, 0.2) is 0 Å². The number of ether oxygens (including phenoxy) is 1. The largest absolute Gasteiger partial charge is 0.491 e. The molecule has 0 aliphatic heterocycles. The van der Waals surface area contributed by atoms with Gasteiger partial charge in [-0.1, -0.05) is 66.2 Å². The minimum absolute atomic E-state index is 0.594. The van der Waals surface area contributed by atoms with Crippen molar-refractivity contribution in [3.05, 3.63) is 95.3 Å². The van der Waals surface area contributed by atoms with Gasteiger partial charge in [0.2, 0.25) is 0 Å². The van der Waals surface area contributed by atoms with Gasteiger partial charge in [0.1, 0.15) is 18.2 Å². The molecule has 0 fully saturated rings. The summed E-state index contributed by atoms with van der Waals surface area (Å²) in [6, 6.07) is 24.8.